The van der Waals surface area contributed by atoms with E-state index in [0.717, 1.165) is 44.9 Å². The lowest BCUT2D eigenvalue weighted by molar-refractivity contribution is -0.162. The van der Waals surface area contributed by atoms with Crippen molar-refractivity contribution in [3.63, 3.8) is 0 Å². The number of fused-ring (bicyclic) bond motifs is 4. The molecule has 4 rings (SSSR count). The maximum Gasteiger partial charge on any atom is 0.137 e. The summed E-state index contributed by atoms with van der Waals surface area (Å²) in [6.07, 6.45) is 6.78. The zero-order valence-electron chi connectivity index (χ0n) is 15.3. The van der Waals surface area contributed by atoms with Crippen LogP contribution in [0.4, 0.5) is 0 Å². The van der Waals surface area contributed by atoms with E-state index in [1.807, 2.05) is 0 Å². The van der Waals surface area contributed by atoms with Crippen LogP contribution in [0.15, 0.2) is 11.1 Å². The molecule has 2 saturated carbocycles. The molecule has 0 saturated heterocycles. The fourth-order valence-electron chi connectivity index (χ4n) is 7.10. The number of aliphatic hydroxyl groups is 2. The lowest BCUT2D eigenvalue weighted by Gasteiger charge is -2.55. The minimum Gasteiger partial charge on any atom is -0.390 e. The zero-order valence-corrected chi connectivity index (χ0v) is 15.3. The molecule has 0 radical (unpaired) electrons. The highest BCUT2D eigenvalue weighted by molar-refractivity contribution is 5.83. The number of rotatable bonds is 1. The van der Waals surface area contributed by atoms with Crippen LogP contribution in [0.3, 0.4) is 0 Å². The van der Waals surface area contributed by atoms with Gasteiger partial charge in [0.15, 0.2) is 0 Å². The summed E-state index contributed by atoms with van der Waals surface area (Å²) < 4.78 is 0. The van der Waals surface area contributed by atoms with Gasteiger partial charge in [-0.25, -0.2) is 0 Å². The molecule has 0 aromatic rings. The maximum absolute atomic E-state index is 11.9. The first kappa shape index (κ1) is 16.8. The third-order valence-electron chi connectivity index (χ3n) is 8.48. The predicted octanol–water partition coefficient (Wildman–Crippen LogP) is 3.63. The van der Waals surface area contributed by atoms with Crippen LogP contribution in [0.25, 0.3) is 0 Å². The molecule has 4 aliphatic carbocycles. The molecule has 0 heterocycles. The maximum atomic E-state index is 11.9. The molecule has 2 fully saturated rings. The molecule has 2 N–H and O–H groups in total. The minimum atomic E-state index is -0.928. The van der Waals surface area contributed by atoms with Gasteiger partial charge in [0, 0.05) is 18.3 Å². The van der Waals surface area contributed by atoms with Crippen LogP contribution in [0, 0.1) is 29.1 Å². The first-order valence-electron chi connectivity index (χ1n) is 9.92. The van der Waals surface area contributed by atoms with Crippen molar-refractivity contribution in [2.75, 3.05) is 0 Å². The van der Waals surface area contributed by atoms with Crippen molar-refractivity contribution in [3.05, 3.63) is 11.1 Å². The molecule has 3 heteroatoms. The van der Waals surface area contributed by atoms with Gasteiger partial charge >= 0.3 is 0 Å². The molecule has 134 valence electrons. The quantitative estimate of drug-likeness (QED) is 0.721. The number of allylic oxidation sites excluding steroid dienone is 2. The molecule has 1 unspecified atom stereocenters. The number of hydrogen-bond acceptors (Lipinski definition) is 3. The molecule has 0 bridgehead atoms. The van der Waals surface area contributed by atoms with Crippen LogP contribution in [0.2, 0.25) is 0 Å². The SMILES string of the molecule is CC(O)[C@@]1(O)CC[C@H]2[C@@H]3C[C@H](C)C4=C(CCC(=O)C4)[C@H]3CC[C@@]21C. The Kier molecular flexibility index (Phi) is 3.78. The van der Waals surface area contributed by atoms with E-state index in [0.29, 0.717) is 35.9 Å². The summed E-state index contributed by atoms with van der Waals surface area (Å²) in [5, 5.41) is 21.5. The van der Waals surface area contributed by atoms with Crippen LogP contribution in [-0.4, -0.2) is 27.7 Å². The monoisotopic (exact) mass is 332 g/mol. The normalized spacial score (nSPS) is 49.5. The van der Waals surface area contributed by atoms with Gasteiger partial charge in [-0.15, -0.1) is 0 Å². The van der Waals surface area contributed by atoms with Crippen LogP contribution < -0.4 is 0 Å². The Bertz CT molecular complexity index is 592. The van der Waals surface area contributed by atoms with Gasteiger partial charge in [0.25, 0.3) is 0 Å². The number of aliphatic hydroxyl groups excluding tert-OH is 1. The third kappa shape index (κ3) is 2.07. The van der Waals surface area contributed by atoms with Gasteiger partial charge in [-0.3, -0.25) is 4.79 Å². The van der Waals surface area contributed by atoms with Crippen LogP contribution in [0.5, 0.6) is 0 Å². The van der Waals surface area contributed by atoms with E-state index in [4.69, 9.17) is 0 Å². The smallest absolute Gasteiger partial charge is 0.137 e. The molecule has 0 aromatic carbocycles. The largest absolute Gasteiger partial charge is 0.390 e. The molecule has 3 nitrogen and oxygen atoms in total. The number of Topliss-reactive ketones (excluding diaryl/α,β-unsaturated/α-hetero) is 1. The van der Waals surface area contributed by atoms with Crippen molar-refractivity contribution in [1.29, 1.82) is 0 Å². The summed E-state index contributed by atoms with van der Waals surface area (Å²) in [5.74, 6) is 2.68. The van der Waals surface area contributed by atoms with Gasteiger partial charge in [0.05, 0.1) is 11.7 Å². The third-order valence-corrected chi connectivity index (χ3v) is 8.48. The van der Waals surface area contributed by atoms with Crippen molar-refractivity contribution >= 4 is 5.78 Å². The number of ketones is 1. The van der Waals surface area contributed by atoms with Gasteiger partial charge in [-0.05, 0) is 69.1 Å². The summed E-state index contributed by atoms with van der Waals surface area (Å²) in [6, 6.07) is 0. The van der Waals surface area contributed by atoms with Crippen LogP contribution in [-0.2, 0) is 4.79 Å². The van der Waals surface area contributed by atoms with Gasteiger partial charge in [0.1, 0.15) is 5.78 Å². The summed E-state index contributed by atoms with van der Waals surface area (Å²) >= 11 is 0. The average Bonchev–Trinajstić information content (AvgIpc) is 2.81. The fraction of sp³-hybridized carbons (Fsp3) is 0.857. The van der Waals surface area contributed by atoms with Crippen molar-refractivity contribution in [3.8, 4) is 0 Å². The standard InChI is InChI=1S/C21H32O3/c1-12-10-18-16(15-5-4-14(23)11-17(12)15)6-8-20(3)19(18)7-9-21(20,24)13(2)22/h12-13,16,18-19,22,24H,4-11H2,1-3H3/t12-,13?,16+,18+,19-,20-,21-/m0/s1. The molecule has 0 aromatic heterocycles. The second-order valence-electron chi connectivity index (χ2n) is 9.37. The fourth-order valence-corrected chi connectivity index (χ4v) is 7.10. The topological polar surface area (TPSA) is 57.5 Å². The van der Waals surface area contributed by atoms with E-state index < -0.39 is 11.7 Å². The molecule has 24 heavy (non-hydrogen) atoms. The Morgan fingerprint density at radius 1 is 1.17 bits per heavy atom. The number of carbonyl (C=O) groups is 1. The Labute approximate surface area is 145 Å². The second-order valence-corrected chi connectivity index (χ2v) is 9.37. The van der Waals surface area contributed by atoms with Crippen LogP contribution >= 0.6 is 0 Å². The highest BCUT2D eigenvalue weighted by atomic mass is 16.3. The van der Waals surface area contributed by atoms with Crippen LogP contribution in [0.1, 0.15) is 72.1 Å². The van der Waals surface area contributed by atoms with Gasteiger partial charge in [-0.1, -0.05) is 25.0 Å². The summed E-state index contributed by atoms with van der Waals surface area (Å²) in [4.78, 5) is 11.9. The highest BCUT2D eigenvalue weighted by Gasteiger charge is 2.63. The average molecular weight is 332 g/mol. The molecule has 4 aliphatic rings. The Morgan fingerprint density at radius 3 is 2.62 bits per heavy atom. The second kappa shape index (κ2) is 5.41. The molecule has 7 atom stereocenters. The first-order valence-corrected chi connectivity index (χ1v) is 9.92. The minimum absolute atomic E-state index is 0.162. The number of carbonyl (C=O) groups excluding carboxylic acids is 1. The predicted molar refractivity (Wildman–Crippen MR) is 93.3 cm³/mol. The van der Waals surface area contributed by atoms with E-state index in [1.165, 1.54) is 5.57 Å². The highest BCUT2D eigenvalue weighted by Crippen LogP contribution is 2.65. The lowest BCUT2D eigenvalue weighted by atomic mass is 9.51. The van der Waals surface area contributed by atoms with Gasteiger partial charge in [0.2, 0.25) is 0 Å². The van der Waals surface area contributed by atoms with Crippen molar-refractivity contribution in [2.24, 2.45) is 29.1 Å². The molecular weight excluding hydrogens is 300 g/mol. The number of hydrogen-bond donors (Lipinski definition) is 2. The van der Waals surface area contributed by atoms with E-state index in [-0.39, 0.29) is 5.41 Å². The van der Waals surface area contributed by atoms with E-state index in [9.17, 15) is 15.0 Å². The summed E-state index contributed by atoms with van der Waals surface area (Å²) in [7, 11) is 0. The van der Waals surface area contributed by atoms with Crippen molar-refractivity contribution < 1.29 is 15.0 Å². The van der Waals surface area contributed by atoms with E-state index in [1.54, 1.807) is 12.5 Å². The lowest BCUT2D eigenvalue weighted by Crippen LogP contribution is -2.56. The zero-order chi connectivity index (χ0) is 17.3. The Balaban J connectivity index is 1.69. The Hall–Kier alpha value is -0.670. The van der Waals surface area contributed by atoms with E-state index in [2.05, 4.69) is 13.8 Å². The summed E-state index contributed by atoms with van der Waals surface area (Å²) in [6.45, 7) is 6.29. The Morgan fingerprint density at radius 2 is 1.92 bits per heavy atom. The first-order chi connectivity index (χ1) is 11.3. The van der Waals surface area contributed by atoms with Gasteiger partial charge in [-0.2, -0.15) is 0 Å². The summed E-state index contributed by atoms with van der Waals surface area (Å²) in [5.41, 5.74) is 1.97. The molecule has 0 aliphatic heterocycles. The molecule has 0 amide bonds. The molecule has 0 spiro atoms. The van der Waals surface area contributed by atoms with E-state index >= 15 is 0 Å². The van der Waals surface area contributed by atoms with Gasteiger partial charge < -0.3 is 10.2 Å². The van der Waals surface area contributed by atoms with Crippen molar-refractivity contribution in [1.82, 2.24) is 0 Å². The van der Waals surface area contributed by atoms with Crippen molar-refractivity contribution in [2.45, 2.75) is 83.8 Å². The molecular formula is C21H32O3.